The van der Waals surface area contributed by atoms with E-state index in [1.54, 1.807) is 31.4 Å². The zero-order chi connectivity index (χ0) is 23.8. The molecule has 8 heteroatoms. The monoisotopic (exact) mass is 456 g/mol. The number of aliphatic hydroxyl groups is 2. The Morgan fingerprint density at radius 2 is 1.52 bits per heavy atom. The fraction of sp³-hybridized carbons (Fsp3) is 0.440. The second kappa shape index (κ2) is 11.9. The van der Waals surface area contributed by atoms with Gasteiger partial charge < -0.3 is 30.3 Å². The Hall–Kier alpha value is -2.78. The first-order valence-corrected chi connectivity index (χ1v) is 11.2. The molecule has 0 saturated carbocycles. The third-order valence-corrected chi connectivity index (χ3v) is 5.85. The summed E-state index contributed by atoms with van der Waals surface area (Å²) in [6, 6.07) is 10.8. The van der Waals surface area contributed by atoms with Crippen molar-refractivity contribution >= 4 is 11.8 Å². The van der Waals surface area contributed by atoms with Crippen molar-refractivity contribution in [1.29, 1.82) is 0 Å². The summed E-state index contributed by atoms with van der Waals surface area (Å²) in [6.07, 6.45) is 0.934. The standard InChI is InChI=1S/C25H32N2O6/c1-16(32-2)7-11-33-12-9-27-25(31)18-4-6-20-19-5-3-17(24(30)26-8-10-28)13-21(19)23(15-29)22(20)14-18/h3-6,13-14,16,23,28-29H,7-12,15H2,1-2H3,(H,26,30)(H,27,31). The zero-order valence-electron chi connectivity index (χ0n) is 19.1. The van der Waals surface area contributed by atoms with Crippen molar-refractivity contribution in [2.24, 2.45) is 0 Å². The summed E-state index contributed by atoms with van der Waals surface area (Å²) in [5.74, 6) is -0.804. The van der Waals surface area contributed by atoms with Crippen molar-refractivity contribution in [1.82, 2.24) is 10.6 Å². The van der Waals surface area contributed by atoms with E-state index in [-0.39, 0.29) is 43.6 Å². The van der Waals surface area contributed by atoms with Gasteiger partial charge in [0.05, 0.1) is 25.9 Å². The Morgan fingerprint density at radius 3 is 2.03 bits per heavy atom. The Morgan fingerprint density at radius 1 is 0.939 bits per heavy atom. The normalized spacial score (nSPS) is 15.0. The van der Waals surface area contributed by atoms with E-state index in [0.717, 1.165) is 28.7 Å². The molecule has 1 aliphatic carbocycles. The van der Waals surface area contributed by atoms with E-state index in [1.807, 2.05) is 19.1 Å². The summed E-state index contributed by atoms with van der Waals surface area (Å²) in [5.41, 5.74) is 4.56. The van der Waals surface area contributed by atoms with Gasteiger partial charge in [-0.3, -0.25) is 9.59 Å². The molecule has 0 saturated heterocycles. The number of ether oxygens (including phenoxy) is 2. The lowest BCUT2D eigenvalue weighted by Crippen LogP contribution is -2.27. The second-order valence-corrected chi connectivity index (χ2v) is 8.02. The van der Waals surface area contributed by atoms with Crippen LogP contribution in [-0.4, -0.2) is 74.8 Å². The van der Waals surface area contributed by atoms with Crippen LogP contribution in [0.3, 0.4) is 0 Å². The molecule has 2 atom stereocenters. The van der Waals surface area contributed by atoms with Crippen molar-refractivity contribution in [3.63, 3.8) is 0 Å². The molecule has 178 valence electrons. The van der Waals surface area contributed by atoms with E-state index >= 15 is 0 Å². The number of rotatable bonds is 12. The highest BCUT2D eigenvalue weighted by Gasteiger charge is 2.29. The molecule has 0 aliphatic heterocycles. The van der Waals surface area contributed by atoms with Gasteiger partial charge in [0.15, 0.2) is 0 Å². The molecule has 0 radical (unpaired) electrons. The maximum Gasteiger partial charge on any atom is 0.251 e. The van der Waals surface area contributed by atoms with Crippen LogP contribution >= 0.6 is 0 Å². The molecule has 0 spiro atoms. The molecule has 33 heavy (non-hydrogen) atoms. The lowest BCUT2D eigenvalue weighted by Gasteiger charge is -2.12. The summed E-state index contributed by atoms with van der Waals surface area (Å²) in [7, 11) is 1.66. The Kier molecular flexibility index (Phi) is 8.96. The van der Waals surface area contributed by atoms with Crippen LogP contribution in [0, 0.1) is 0 Å². The van der Waals surface area contributed by atoms with E-state index in [9.17, 15) is 14.7 Å². The number of amides is 2. The first kappa shape index (κ1) is 24.9. The maximum absolute atomic E-state index is 12.6. The first-order chi connectivity index (χ1) is 16.0. The van der Waals surface area contributed by atoms with E-state index in [4.69, 9.17) is 14.6 Å². The molecule has 2 aromatic carbocycles. The van der Waals surface area contributed by atoms with Crippen LogP contribution in [0.1, 0.15) is 51.1 Å². The van der Waals surface area contributed by atoms with Gasteiger partial charge in [-0.15, -0.1) is 0 Å². The van der Waals surface area contributed by atoms with Gasteiger partial charge in [-0.1, -0.05) is 12.1 Å². The van der Waals surface area contributed by atoms with Gasteiger partial charge in [0.2, 0.25) is 0 Å². The minimum Gasteiger partial charge on any atom is -0.395 e. The summed E-state index contributed by atoms with van der Waals surface area (Å²) in [6.45, 7) is 3.26. The average molecular weight is 457 g/mol. The van der Waals surface area contributed by atoms with Gasteiger partial charge in [-0.25, -0.2) is 0 Å². The Bertz CT molecular complexity index is 977. The van der Waals surface area contributed by atoms with Gasteiger partial charge in [0, 0.05) is 43.9 Å². The smallest absolute Gasteiger partial charge is 0.251 e. The number of hydrogen-bond donors (Lipinski definition) is 4. The zero-order valence-corrected chi connectivity index (χ0v) is 19.1. The third-order valence-electron chi connectivity index (χ3n) is 5.85. The van der Waals surface area contributed by atoms with Crippen molar-refractivity contribution in [2.45, 2.75) is 25.4 Å². The molecular formula is C25H32N2O6. The van der Waals surface area contributed by atoms with Gasteiger partial charge in [0.25, 0.3) is 11.8 Å². The Balaban J connectivity index is 1.65. The molecule has 0 heterocycles. The number of fused-ring (bicyclic) bond motifs is 3. The maximum atomic E-state index is 12.6. The summed E-state index contributed by atoms with van der Waals surface area (Å²) >= 11 is 0. The number of hydrogen-bond acceptors (Lipinski definition) is 6. The molecule has 2 unspecified atom stereocenters. The predicted molar refractivity (Wildman–Crippen MR) is 124 cm³/mol. The van der Waals surface area contributed by atoms with Crippen molar-refractivity contribution in [3.05, 3.63) is 58.7 Å². The molecule has 1 aliphatic rings. The highest BCUT2D eigenvalue weighted by molar-refractivity contribution is 5.97. The number of carbonyl (C=O) groups is 2. The molecular weight excluding hydrogens is 424 g/mol. The van der Waals surface area contributed by atoms with Gasteiger partial charge >= 0.3 is 0 Å². The van der Waals surface area contributed by atoms with Crippen LogP contribution in [0.5, 0.6) is 0 Å². The van der Waals surface area contributed by atoms with Crippen LogP contribution in [0.4, 0.5) is 0 Å². The number of aliphatic hydroxyl groups excluding tert-OH is 2. The van der Waals surface area contributed by atoms with E-state index < -0.39 is 0 Å². The average Bonchev–Trinajstić information content (AvgIpc) is 3.16. The minimum absolute atomic E-state index is 0.134. The summed E-state index contributed by atoms with van der Waals surface area (Å²) in [4.78, 5) is 24.9. The van der Waals surface area contributed by atoms with Gasteiger partial charge in [0.1, 0.15) is 0 Å². The number of benzene rings is 2. The highest BCUT2D eigenvalue weighted by atomic mass is 16.5. The number of methoxy groups -OCH3 is 1. The number of carbonyl (C=O) groups excluding carboxylic acids is 2. The lowest BCUT2D eigenvalue weighted by molar-refractivity contribution is 0.0613. The molecule has 8 nitrogen and oxygen atoms in total. The molecule has 2 aromatic rings. The van der Waals surface area contributed by atoms with E-state index in [0.29, 0.717) is 30.9 Å². The van der Waals surface area contributed by atoms with Crippen LogP contribution in [-0.2, 0) is 9.47 Å². The fourth-order valence-corrected chi connectivity index (χ4v) is 3.92. The summed E-state index contributed by atoms with van der Waals surface area (Å²) in [5, 5.41) is 24.5. The van der Waals surface area contributed by atoms with Crippen molar-refractivity contribution < 1.29 is 29.3 Å². The van der Waals surface area contributed by atoms with Crippen LogP contribution in [0.2, 0.25) is 0 Å². The Labute approximate surface area is 193 Å². The van der Waals surface area contributed by atoms with E-state index in [2.05, 4.69) is 10.6 Å². The molecule has 4 N–H and O–H groups in total. The van der Waals surface area contributed by atoms with Crippen LogP contribution < -0.4 is 10.6 Å². The molecule has 0 bridgehead atoms. The van der Waals surface area contributed by atoms with Crippen molar-refractivity contribution in [3.8, 4) is 11.1 Å². The number of nitrogens with one attached hydrogen (secondary N) is 2. The van der Waals surface area contributed by atoms with E-state index in [1.165, 1.54) is 0 Å². The van der Waals surface area contributed by atoms with Crippen molar-refractivity contribution in [2.75, 3.05) is 46.6 Å². The van der Waals surface area contributed by atoms with Crippen LogP contribution in [0.15, 0.2) is 36.4 Å². The van der Waals surface area contributed by atoms with Gasteiger partial charge in [-0.2, -0.15) is 0 Å². The van der Waals surface area contributed by atoms with Gasteiger partial charge in [-0.05, 0) is 59.9 Å². The molecule has 3 rings (SSSR count). The second-order valence-electron chi connectivity index (χ2n) is 8.02. The SMILES string of the molecule is COC(C)CCOCCNC(=O)c1ccc2c(c1)C(CO)c1cc(C(=O)NCCO)ccc1-2. The molecule has 0 aromatic heterocycles. The predicted octanol–water partition coefficient (Wildman–Crippen LogP) is 1.68. The molecule has 2 amide bonds. The fourth-order valence-electron chi connectivity index (χ4n) is 3.92. The lowest BCUT2D eigenvalue weighted by atomic mass is 9.95. The van der Waals surface area contributed by atoms with Crippen LogP contribution in [0.25, 0.3) is 11.1 Å². The minimum atomic E-state index is -0.320. The highest BCUT2D eigenvalue weighted by Crippen LogP contribution is 2.45. The summed E-state index contributed by atoms with van der Waals surface area (Å²) < 4.78 is 10.7. The molecule has 0 fully saturated rings. The largest absolute Gasteiger partial charge is 0.395 e. The first-order valence-electron chi connectivity index (χ1n) is 11.2. The quantitative estimate of drug-likeness (QED) is 0.361. The topological polar surface area (TPSA) is 117 Å². The third kappa shape index (κ3) is 5.97.